The molecule has 1 aliphatic heterocycles. The Bertz CT molecular complexity index is 689. The largest absolute Gasteiger partial charge is 0.380 e. The zero-order valence-corrected chi connectivity index (χ0v) is 14.5. The molecule has 3 heteroatoms. The highest BCUT2D eigenvalue weighted by Gasteiger charge is 2.62. The summed E-state index contributed by atoms with van der Waals surface area (Å²) in [6, 6.07) is 0. The molecule has 3 nitrogen and oxygen atoms in total. The predicted molar refractivity (Wildman–Crippen MR) is 90.3 cm³/mol. The van der Waals surface area contributed by atoms with E-state index in [1.807, 2.05) is 6.08 Å². The van der Waals surface area contributed by atoms with Crippen molar-refractivity contribution in [3.63, 3.8) is 0 Å². The molecule has 128 valence electrons. The average molecular weight is 326 g/mol. The summed E-state index contributed by atoms with van der Waals surface area (Å²) in [5, 5.41) is 0. The lowest BCUT2D eigenvalue weighted by atomic mass is 9.45. The highest BCUT2D eigenvalue weighted by Crippen LogP contribution is 2.66. The normalized spacial score (nSPS) is 50.0. The number of Topliss-reactive ketones (excluding diaryl/α,β-unsaturated/α-hetero) is 1. The second-order valence-electron chi connectivity index (χ2n) is 9.14. The van der Waals surface area contributed by atoms with Crippen LogP contribution in [0.25, 0.3) is 0 Å². The number of ketones is 2. The van der Waals surface area contributed by atoms with Crippen molar-refractivity contribution in [3.8, 4) is 0 Å². The molecule has 24 heavy (non-hydrogen) atoms. The van der Waals surface area contributed by atoms with Crippen molar-refractivity contribution in [2.75, 3.05) is 13.2 Å². The first-order valence-corrected chi connectivity index (χ1v) is 9.51. The predicted octanol–water partition coefficient (Wildman–Crippen LogP) is 3.49. The van der Waals surface area contributed by atoms with Gasteiger partial charge in [-0.2, -0.15) is 0 Å². The third kappa shape index (κ3) is 1.67. The van der Waals surface area contributed by atoms with Crippen molar-refractivity contribution in [3.05, 3.63) is 23.8 Å². The van der Waals surface area contributed by atoms with Gasteiger partial charge < -0.3 is 4.74 Å². The first-order chi connectivity index (χ1) is 11.5. The van der Waals surface area contributed by atoms with Gasteiger partial charge in [-0.25, -0.2) is 0 Å². The Kier molecular flexibility index (Phi) is 2.94. The molecule has 4 fully saturated rings. The van der Waals surface area contributed by atoms with Crippen molar-refractivity contribution < 1.29 is 14.3 Å². The maximum absolute atomic E-state index is 12.5. The van der Waals surface area contributed by atoms with Gasteiger partial charge in [0.15, 0.2) is 5.78 Å². The van der Waals surface area contributed by atoms with E-state index < -0.39 is 0 Å². The fourth-order valence-electron chi connectivity index (χ4n) is 7.05. The second-order valence-corrected chi connectivity index (χ2v) is 9.14. The van der Waals surface area contributed by atoms with Crippen molar-refractivity contribution >= 4 is 11.6 Å². The van der Waals surface area contributed by atoms with E-state index in [0.717, 1.165) is 50.7 Å². The minimum absolute atomic E-state index is 0.0101. The second kappa shape index (κ2) is 4.69. The number of carbonyl (C=O) groups excluding carboxylic acids is 2. The van der Waals surface area contributed by atoms with Crippen LogP contribution in [-0.4, -0.2) is 24.8 Å². The van der Waals surface area contributed by atoms with Crippen LogP contribution in [0.3, 0.4) is 0 Å². The summed E-state index contributed by atoms with van der Waals surface area (Å²) in [6.45, 7) is 7.88. The Labute approximate surface area is 143 Å². The molecule has 5 aliphatic rings. The van der Waals surface area contributed by atoms with E-state index in [1.54, 1.807) is 0 Å². The van der Waals surface area contributed by atoms with Gasteiger partial charge >= 0.3 is 0 Å². The molecule has 0 N–H and O–H groups in total. The number of carbonyl (C=O) groups is 2. The third-order valence-electron chi connectivity index (χ3n) is 8.23. The third-order valence-corrected chi connectivity index (χ3v) is 8.23. The van der Waals surface area contributed by atoms with Crippen LogP contribution in [0.5, 0.6) is 0 Å². The van der Waals surface area contributed by atoms with Crippen molar-refractivity contribution in [1.29, 1.82) is 0 Å². The number of allylic oxidation sites excluding steroid dienone is 1. The smallest absolute Gasteiger partial charge is 0.161 e. The Hall–Kier alpha value is -1.22. The molecule has 4 aliphatic carbocycles. The van der Waals surface area contributed by atoms with Crippen LogP contribution >= 0.6 is 0 Å². The Morgan fingerprint density at radius 3 is 2.92 bits per heavy atom. The SMILES string of the molecule is C=C1CC2C3CCC(=O)C3(C)CCC2C23COCC(C2)C(=O)C=C13. The standard InChI is InChI=1S/C21H26O3/c1-12-7-14-15-3-4-19(23)20(15,2)6-5-16(14)21-9-13(10-24-11-21)18(22)8-17(12)21/h8,13-16H,1,3-7,9-11H2,2H3. The molecular weight excluding hydrogens is 300 g/mol. The number of rotatable bonds is 0. The fraction of sp³-hybridized carbons (Fsp3) is 0.714. The van der Waals surface area contributed by atoms with E-state index in [-0.39, 0.29) is 22.5 Å². The fourth-order valence-corrected chi connectivity index (χ4v) is 7.05. The molecule has 3 saturated carbocycles. The van der Waals surface area contributed by atoms with E-state index in [9.17, 15) is 9.59 Å². The summed E-state index contributed by atoms with van der Waals surface area (Å²) in [5.41, 5.74) is 2.21. The van der Waals surface area contributed by atoms with Gasteiger partial charge in [-0.15, -0.1) is 0 Å². The summed E-state index contributed by atoms with van der Waals surface area (Å²) >= 11 is 0. The van der Waals surface area contributed by atoms with Crippen molar-refractivity contribution in [2.45, 2.75) is 45.4 Å². The van der Waals surface area contributed by atoms with Gasteiger partial charge in [0.25, 0.3) is 0 Å². The van der Waals surface area contributed by atoms with Crippen LogP contribution in [0.4, 0.5) is 0 Å². The number of hydrogen-bond acceptors (Lipinski definition) is 3. The monoisotopic (exact) mass is 326 g/mol. The molecule has 0 aromatic heterocycles. The molecule has 1 spiro atoms. The highest BCUT2D eigenvalue weighted by atomic mass is 16.5. The first-order valence-electron chi connectivity index (χ1n) is 9.51. The lowest BCUT2D eigenvalue weighted by Gasteiger charge is -2.60. The highest BCUT2D eigenvalue weighted by molar-refractivity contribution is 5.95. The lowest BCUT2D eigenvalue weighted by molar-refractivity contribution is -0.144. The maximum Gasteiger partial charge on any atom is 0.161 e. The van der Waals surface area contributed by atoms with Gasteiger partial charge in [0.05, 0.1) is 13.2 Å². The molecule has 5 rings (SSSR count). The van der Waals surface area contributed by atoms with Crippen LogP contribution in [0.15, 0.2) is 23.8 Å². The average Bonchev–Trinajstić information content (AvgIpc) is 2.86. The first kappa shape index (κ1) is 15.1. The van der Waals surface area contributed by atoms with Crippen molar-refractivity contribution in [1.82, 2.24) is 0 Å². The number of fused-ring (bicyclic) bond motifs is 4. The minimum Gasteiger partial charge on any atom is -0.380 e. The summed E-state index contributed by atoms with van der Waals surface area (Å²) in [4.78, 5) is 24.9. The van der Waals surface area contributed by atoms with Crippen LogP contribution in [0.1, 0.15) is 45.4 Å². The molecule has 0 aromatic rings. The number of hydrogen-bond donors (Lipinski definition) is 0. The van der Waals surface area contributed by atoms with Gasteiger partial charge in [-0.3, -0.25) is 9.59 Å². The summed E-state index contributed by atoms with van der Waals surface area (Å²) in [6.07, 6.45) is 7.71. The maximum atomic E-state index is 12.5. The minimum atomic E-state index is -0.112. The van der Waals surface area contributed by atoms with E-state index in [1.165, 1.54) is 5.57 Å². The molecule has 0 amide bonds. The Balaban J connectivity index is 1.61. The summed E-state index contributed by atoms with van der Waals surface area (Å²) in [7, 11) is 0. The van der Waals surface area contributed by atoms with Gasteiger partial charge in [-0.05, 0) is 61.5 Å². The van der Waals surface area contributed by atoms with Gasteiger partial charge in [0, 0.05) is 23.2 Å². The summed E-state index contributed by atoms with van der Waals surface area (Å²) < 4.78 is 5.95. The molecule has 6 unspecified atom stereocenters. The van der Waals surface area contributed by atoms with E-state index >= 15 is 0 Å². The van der Waals surface area contributed by atoms with Crippen LogP contribution in [0.2, 0.25) is 0 Å². The van der Waals surface area contributed by atoms with Crippen molar-refractivity contribution in [2.24, 2.45) is 34.5 Å². The molecule has 0 radical (unpaired) electrons. The zero-order chi connectivity index (χ0) is 16.7. The molecule has 0 aromatic carbocycles. The van der Waals surface area contributed by atoms with Crippen LogP contribution in [0, 0.1) is 34.5 Å². The van der Waals surface area contributed by atoms with E-state index in [2.05, 4.69) is 13.5 Å². The van der Waals surface area contributed by atoms with E-state index in [4.69, 9.17) is 4.74 Å². The lowest BCUT2D eigenvalue weighted by Crippen LogP contribution is -2.57. The molecule has 1 heterocycles. The molecule has 1 saturated heterocycles. The van der Waals surface area contributed by atoms with Gasteiger partial charge in [-0.1, -0.05) is 19.1 Å². The Morgan fingerprint density at radius 2 is 2.08 bits per heavy atom. The van der Waals surface area contributed by atoms with Gasteiger partial charge in [0.2, 0.25) is 0 Å². The molecule has 2 bridgehead atoms. The zero-order valence-electron chi connectivity index (χ0n) is 14.5. The quantitative estimate of drug-likeness (QED) is 0.684. The molecular formula is C21H26O3. The number of ether oxygens (including phenoxy) is 1. The topological polar surface area (TPSA) is 43.4 Å². The molecule has 6 atom stereocenters. The van der Waals surface area contributed by atoms with Crippen LogP contribution < -0.4 is 0 Å². The van der Waals surface area contributed by atoms with Gasteiger partial charge in [0.1, 0.15) is 5.78 Å². The van der Waals surface area contributed by atoms with E-state index in [0.29, 0.717) is 30.1 Å². The Morgan fingerprint density at radius 1 is 1.25 bits per heavy atom. The van der Waals surface area contributed by atoms with Crippen LogP contribution in [-0.2, 0) is 14.3 Å². The summed E-state index contributed by atoms with van der Waals surface area (Å²) in [5.74, 6) is 2.33.